The molecular weight excluding hydrogens is 241 g/mol. The first-order chi connectivity index (χ1) is 9.31. The fraction of sp³-hybridized carbons (Fsp3) is 0.250. The van der Waals surface area contributed by atoms with Crippen molar-refractivity contribution in [3.8, 4) is 5.75 Å². The number of benzene rings is 2. The summed E-state index contributed by atoms with van der Waals surface area (Å²) in [6, 6.07) is 17.1. The van der Waals surface area contributed by atoms with Gasteiger partial charge in [-0.05, 0) is 18.1 Å². The van der Waals surface area contributed by atoms with Gasteiger partial charge in [0.1, 0.15) is 12.4 Å². The minimum Gasteiger partial charge on any atom is -0.489 e. The number of hydrogen-bond donors (Lipinski definition) is 1. The van der Waals surface area contributed by atoms with Crippen LogP contribution in [0.15, 0.2) is 54.6 Å². The summed E-state index contributed by atoms with van der Waals surface area (Å²) < 4.78 is 18.2. The minimum absolute atomic E-state index is 0.311. The van der Waals surface area contributed by atoms with E-state index in [1.165, 1.54) is 0 Å². The summed E-state index contributed by atoms with van der Waals surface area (Å²) in [6.07, 6.45) is 0.311. The van der Waals surface area contributed by atoms with E-state index in [4.69, 9.17) is 10.5 Å². The molecule has 0 aliphatic carbocycles. The molecule has 0 fully saturated rings. The Bertz CT molecular complexity index is 501. The van der Waals surface area contributed by atoms with Crippen molar-refractivity contribution in [3.05, 3.63) is 65.7 Å². The van der Waals surface area contributed by atoms with Crippen molar-refractivity contribution < 1.29 is 9.13 Å². The van der Waals surface area contributed by atoms with E-state index in [1.807, 2.05) is 54.6 Å². The number of ether oxygens (including phenoxy) is 1. The summed E-state index contributed by atoms with van der Waals surface area (Å²) in [5.74, 6) is 0.729. The summed E-state index contributed by atoms with van der Waals surface area (Å²) in [5, 5.41) is 0. The molecule has 2 rings (SSSR count). The number of nitrogens with two attached hydrogens (primary N) is 1. The molecule has 0 unspecified atom stereocenters. The van der Waals surface area contributed by atoms with E-state index in [-0.39, 0.29) is 6.04 Å². The fourth-order valence-electron chi connectivity index (χ4n) is 1.93. The van der Waals surface area contributed by atoms with Crippen molar-refractivity contribution in [1.82, 2.24) is 0 Å². The molecule has 0 aliphatic heterocycles. The quantitative estimate of drug-likeness (QED) is 0.859. The van der Waals surface area contributed by atoms with Gasteiger partial charge in [0.05, 0.1) is 6.67 Å². The van der Waals surface area contributed by atoms with Crippen molar-refractivity contribution >= 4 is 0 Å². The van der Waals surface area contributed by atoms with Gasteiger partial charge >= 0.3 is 0 Å². The highest BCUT2D eigenvalue weighted by Gasteiger charge is 2.11. The average Bonchev–Trinajstić information content (AvgIpc) is 2.47. The van der Waals surface area contributed by atoms with E-state index >= 15 is 0 Å². The van der Waals surface area contributed by atoms with E-state index in [2.05, 4.69) is 0 Å². The topological polar surface area (TPSA) is 35.2 Å². The van der Waals surface area contributed by atoms with Crippen LogP contribution in [0.5, 0.6) is 5.75 Å². The molecule has 2 aromatic rings. The third kappa shape index (κ3) is 3.80. The molecule has 2 nitrogen and oxygen atoms in total. The Labute approximate surface area is 113 Å². The van der Waals surface area contributed by atoms with Gasteiger partial charge in [-0.1, -0.05) is 48.5 Å². The van der Waals surface area contributed by atoms with Crippen LogP contribution in [0, 0.1) is 0 Å². The molecule has 2 N–H and O–H groups in total. The summed E-state index contributed by atoms with van der Waals surface area (Å²) in [6.45, 7) is 0.0639. The lowest BCUT2D eigenvalue weighted by molar-refractivity contribution is 0.299. The second kappa shape index (κ2) is 6.90. The lowest BCUT2D eigenvalue weighted by Gasteiger charge is -2.16. The van der Waals surface area contributed by atoms with Gasteiger partial charge in [0.2, 0.25) is 0 Å². The summed E-state index contributed by atoms with van der Waals surface area (Å²) >= 11 is 0. The Hall–Kier alpha value is -1.87. The number of rotatable bonds is 6. The third-order valence-electron chi connectivity index (χ3n) is 2.98. The number of hydrogen-bond acceptors (Lipinski definition) is 2. The zero-order chi connectivity index (χ0) is 13.5. The van der Waals surface area contributed by atoms with E-state index < -0.39 is 6.67 Å². The van der Waals surface area contributed by atoms with Crippen molar-refractivity contribution in [2.45, 2.75) is 19.1 Å². The molecule has 1 atom stereocenters. The van der Waals surface area contributed by atoms with Gasteiger partial charge in [-0.2, -0.15) is 0 Å². The van der Waals surface area contributed by atoms with E-state index in [0.717, 1.165) is 16.9 Å². The van der Waals surface area contributed by atoms with Crippen molar-refractivity contribution in [1.29, 1.82) is 0 Å². The molecule has 0 aromatic heterocycles. The Morgan fingerprint density at radius 3 is 2.42 bits per heavy atom. The van der Waals surface area contributed by atoms with Gasteiger partial charge in [-0.25, -0.2) is 0 Å². The Balaban J connectivity index is 2.07. The predicted octanol–water partition coefficient (Wildman–Crippen LogP) is 3.63. The van der Waals surface area contributed by atoms with Crippen LogP contribution in [0.3, 0.4) is 0 Å². The maximum absolute atomic E-state index is 12.4. The standard InChI is InChI=1S/C16H18FNO/c17-11-10-15(18)14-8-4-5-9-16(14)19-12-13-6-2-1-3-7-13/h1-9,15H,10-12,18H2/t15-/m0/s1. The molecule has 0 spiro atoms. The van der Waals surface area contributed by atoms with E-state index in [0.29, 0.717) is 13.0 Å². The first kappa shape index (κ1) is 13.6. The molecule has 19 heavy (non-hydrogen) atoms. The van der Waals surface area contributed by atoms with Crippen LogP contribution in [0.4, 0.5) is 4.39 Å². The van der Waals surface area contributed by atoms with Crippen LogP contribution in [-0.4, -0.2) is 6.67 Å². The molecule has 0 aliphatic rings. The zero-order valence-corrected chi connectivity index (χ0v) is 10.8. The Morgan fingerprint density at radius 1 is 1.00 bits per heavy atom. The highest BCUT2D eigenvalue weighted by Crippen LogP contribution is 2.26. The maximum atomic E-state index is 12.4. The number of para-hydroxylation sites is 1. The Morgan fingerprint density at radius 2 is 1.68 bits per heavy atom. The zero-order valence-electron chi connectivity index (χ0n) is 10.8. The van der Waals surface area contributed by atoms with Gasteiger partial charge in [0.15, 0.2) is 0 Å². The molecule has 0 heterocycles. The van der Waals surface area contributed by atoms with Crippen molar-refractivity contribution in [2.75, 3.05) is 6.67 Å². The van der Waals surface area contributed by atoms with Crippen molar-refractivity contribution in [2.24, 2.45) is 5.73 Å². The van der Waals surface area contributed by atoms with Gasteiger partial charge in [0.25, 0.3) is 0 Å². The van der Waals surface area contributed by atoms with Crippen molar-refractivity contribution in [3.63, 3.8) is 0 Å². The van der Waals surface area contributed by atoms with Crippen LogP contribution in [0.25, 0.3) is 0 Å². The van der Waals surface area contributed by atoms with E-state index in [9.17, 15) is 4.39 Å². The average molecular weight is 259 g/mol. The van der Waals surface area contributed by atoms with Crippen LogP contribution in [0.1, 0.15) is 23.6 Å². The molecule has 0 radical (unpaired) electrons. The smallest absolute Gasteiger partial charge is 0.124 e. The van der Waals surface area contributed by atoms with E-state index in [1.54, 1.807) is 0 Å². The molecular formula is C16H18FNO. The molecule has 0 bridgehead atoms. The second-order valence-electron chi connectivity index (χ2n) is 4.40. The lowest BCUT2D eigenvalue weighted by atomic mass is 10.0. The molecule has 2 aromatic carbocycles. The lowest BCUT2D eigenvalue weighted by Crippen LogP contribution is -2.12. The predicted molar refractivity (Wildman–Crippen MR) is 74.7 cm³/mol. The summed E-state index contributed by atoms with van der Waals surface area (Å²) in [7, 11) is 0. The van der Waals surface area contributed by atoms with Crippen LogP contribution in [0.2, 0.25) is 0 Å². The third-order valence-corrected chi connectivity index (χ3v) is 2.98. The maximum Gasteiger partial charge on any atom is 0.124 e. The summed E-state index contributed by atoms with van der Waals surface area (Å²) in [4.78, 5) is 0. The van der Waals surface area contributed by atoms with Crippen LogP contribution < -0.4 is 10.5 Å². The summed E-state index contributed by atoms with van der Waals surface area (Å²) in [5.41, 5.74) is 7.91. The normalized spacial score (nSPS) is 12.1. The van der Waals surface area contributed by atoms with Gasteiger partial charge < -0.3 is 10.5 Å². The number of halogens is 1. The largest absolute Gasteiger partial charge is 0.489 e. The molecule has 100 valence electrons. The van der Waals surface area contributed by atoms with Crippen LogP contribution in [-0.2, 0) is 6.61 Å². The first-order valence-electron chi connectivity index (χ1n) is 6.38. The van der Waals surface area contributed by atoms with Gasteiger partial charge in [-0.15, -0.1) is 0 Å². The SMILES string of the molecule is N[C@@H](CCF)c1ccccc1OCc1ccccc1. The molecule has 3 heteroatoms. The first-order valence-corrected chi connectivity index (χ1v) is 6.38. The minimum atomic E-state index is -0.422. The van der Waals surface area contributed by atoms with Crippen LogP contribution >= 0.6 is 0 Å². The monoisotopic (exact) mass is 259 g/mol. The number of alkyl halides is 1. The molecule has 0 saturated carbocycles. The fourth-order valence-corrected chi connectivity index (χ4v) is 1.93. The Kier molecular flexibility index (Phi) is 4.93. The second-order valence-corrected chi connectivity index (χ2v) is 4.40. The highest BCUT2D eigenvalue weighted by atomic mass is 19.1. The molecule has 0 saturated heterocycles. The highest BCUT2D eigenvalue weighted by molar-refractivity contribution is 5.36. The van der Waals surface area contributed by atoms with Gasteiger partial charge in [0, 0.05) is 11.6 Å². The molecule has 0 amide bonds. The van der Waals surface area contributed by atoms with Gasteiger partial charge in [-0.3, -0.25) is 4.39 Å².